The van der Waals surface area contributed by atoms with Gasteiger partial charge in [0.05, 0.1) is 34.2 Å². The van der Waals surface area contributed by atoms with Crippen LogP contribution in [0.15, 0.2) is 47.4 Å². The molecule has 2 aromatic rings. The number of nitrogen functional groups attached to an aromatic ring is 1. The van der Waals surface area contributed by atoms with E-state index >= 15 is 0 Å². The summed E-state index contributed by atoms with van der Waals surface area (Å²) in [5.74, 6) is -0.909. The Morgan fingerprint density at radius 3 is 2.26 bits per heavy atom. The minimum Gasteiger partial charge on any atom is -0.399 e. The third kappa shape index (κ3) is 3.80. The van der Waals surface area contributed by atoms with E-state index in [9.17, 15) is 21.9 Å². The number of nitrogens with zero attached hydrogens (tertiary/aromatic N) is 1. The summed E-state index contributed by atoms with van der Waals surface area (Å²) in [5.41, 5.74) is 7.70. The SMILES string of the molecule is Cc1ccc(C)c(S(=O)(=O)N(c2ccc(N)cc2)[C@H]2CS(=O)(=O)C[C@@H]2O)c1. The molecule has 1 fully saturated rings. The summed E-state index contributed by atoms with van der Waals surface area (Å²) >= 11 is 0. The Morgan fingerprint density at radius 1 is 1.07 bits per heavy atom. The Kier molecular flexibility index (Phi) is 4.96. The van der Waals surface area contributed by atoms with Crippen molar-refractivity contribution in [2.75, 3.05) is 21.5 Å². The van der Waals surface area contributed by atoms with Crippen molar-refractivity contribution < 1.29 is 21.9 Å². The summed E-state index contributed by atoms with van der Waals surface area (Å²) in [6, 6.07) is 10.0. The van der Waals surface area contributed by atoms with Gasteiger partial charge in [0.1, 0.15) is 0 Å². The number of hydrogen-bond acceptors (Lipinski definition) is 6. The highest BCUT2D eigenvalue weighted by Gasteiger charge is 2.45. The summed E-state index contributed by atoms with van der Waals surface area (Å²) in [6.07, 6.45) is -1.31. The number of nitrogens with two attached hydrogens (primary N) is 1. The molecule has 0 unspecified atom stereocenters. The summed E-state index contributed by atoms with van der Waals surface area (Å²) < 4.78 is 52.1. The van der Waals surface area contributed by atoms with Crippen LogP contribution in [0.4, 0.5) is 11.4 Å². The monoisotopic (exact) mass is 410 g/mol. The minimum absolute atomic E-state index is 0.0795. The Hall–Kier alpha value is -2.10. The van der Waals surface area contributed by atoms with Crippen molar-refractivity contribution >= 4 is 31.2 Å². The average Bonchev–Trinajstić information content (AvgIpc) is 2.84. The molecule has 0 amide bonds. The van der Waals surface area contributed by atoms with Crippen molar-refractivity contribution in [1.29, 1.82) is 0 Å². The topological polar surface area (TPSA) is 118 Å². The molecule has 3 rings (SSSR count). The number of benzene rings is 2. The van der Waals surface area contributed by atoms with Crippen molar-refractivity contribution in [2.45, 2.75) is 30.9 Å². The maximum absolute atomic E-state index is 13.5. The highest BCUT2D eigenvalue weighted by Crippen LogP contribution is 2.33. The van der Waals surface area contributed by atoms with Crippen LogP contribution in [0.3, 0.4) is 0 Å². The van der Waals surface area contributed by atoms with Gasteiger partial charge in [-0.05, 0) is 55.3 Å². The Morgan fingerprint density at radius 2 is 1.70 bits per heavy atom. The molecule has 1 heterocycles. The maximum Gasteiger partial charge on any atom is 0.264 e. The molecule has 3 N–H and O–H groups in total. The fraction of sp³-hybridized carbons (Fsp3) is 0.333. The summed E-state index contributed by atoms with van der Waals surface area (Å²) in [6.45, 7) is 3.45. The first-order valence-electron chi connectivity index (χ1n) is 8.37. The number of aliphatic hydroxyl groups excluding tert-OH is 1. The summed E-state index contributed by atoms with van der Waals surface area (Å²) in [5, 5.41) is 10.3. The number of aliphatic hydroxyl groups is 1. The number of hydrogen-bond donors (Lipinski definition) is 2. The first-order valence-corrected chi connectivity index (χ1v) is 11.6. The molecular weight excluding hydrogens is 388 g/mol. The second-order valence-corrected chi connectivity index (χ2v) is 10.8. The number of anilines is 2. The molecule has 0 bridgehead atoms. The van der Waals surface area contributed by atoms with E-state index < -0.39 is 43.5 Å². The summed E-state index contributed by atoms with van der Waals surface area (Å²) in [7, 11) is -7.67. The molecule has 9 heteroatoms. The third-order valence-corrected chi connectivity index (χ3v) is 8.32. The first kappa shape index (κ1) is 19.7. The van der Waals surface area contributed by atoms with Crippen LogP contribution in [0.5, 0.6) is 0 Å². The quantitative estimate of drug-likeness (QED) is 0.732. The van der Waals surface area contributed by atoms with Crippen molar-refractivity contribution in [3.63, 3.8) is 0 Å². The van der Waals surface area contributed by atoms with E-state index in [4.69, 9.17) is 5.73 Å². The average molecular weight is 411 g/mol. The summed E-state index contributed by atoms with van der Waals surface area (Å²) in [4.78, 5) is 0.0795. The second-order valence-electron chi connectivity index (χ2n) is 6.87. The van der Waals surface area contributed by atoms with E-state index in [1.165, 1.54) is 24.3 Å². The Bertz CT molecular complexity index is 1060. The normalized spacial score (nSPS) is 21.9. The van der Waals surface area contributed by atoms with Gasteiger partial charge in [-0.2, -0.15) is 0 Å². The number of sulfone groups is 1. The lowest BCUT2D eigenvalue weighted by atomic mass is 10.2. The molecule has 0 aliphatic carbocycles. The van der Waals surface area contributed by atoms with Crippen LogP contribution in [-0.2, 0) is 19.9 Å². The molecule has 1 saturated heterocycles. The molecule has 7 nitrogen and oxygen atoms in total. The highest BCUT2D eigenvalue weighted by atomic mass is 32.2. The lowest BCUT2D eigenvalue weighted by molar-refractivity contribution is 0.184. The molecule has 1 aliphatic rings. The molecular formula is C18H22N2O5S2. The number of aryl methyl sites for hydroxylation is 2. The zero-order valence-corrected chi connectivity index (χ0v) is 16.7. The smallest absolute Gasteiger partial charge is 0.264 e. The van der Waals surface area contributed by atoms with Gasteiger partial charge >= 0.3 is 0 Å². The molecule has 0 spiro atoms. The fourth-order valence-electron chi connectivity index (χ4n) is 3.26. The van der Waals surface area contributed by atoms with Gasteiger partial charge in [-0.3, -0.25) is 4.31 Å². The van der Waals surface area contributed by atoms with E-state index in [-0.39, 0.29) is 10.6 Å². The fourth-order valence-corrected chi connectivity index (χ4v) is 7.11. The van der Waals surface area contributed by atoms with E-state index in [0.717, 1.165) is 9.87 Å². The standard InChI is InChI=1S/C18H22N2O5S2/c1-12-3-4-13(2)18(9-12)27(24,25)20(15-7-5-14(19)6-8-15)16-10-26(22,23)11-17(16)21/h3-9,16-17,21H,10-11,19H2,1-2H3/t16-,17-/m0/s1. The predicted molar refractivity (Wildman–Crippen MR) is 105 cm³/mol. The molecule has 0 aromatic heterocycles. The number of rotatable bonds is 4. The minimum atomic E-state index is -4.12. The van der Waals surface area contributed by atoms with Gasteiger partial charge in [-0.1, -0.05) is 12.1 Å². The first-order chi connectivity index (χ1) is 12.5. The van der Waals surface area contributed by atoms with Gasteiger partial charge in [0.2, 0.25) is 0 Å². The van der Waals surface area contributed by atoms with Crippen LogP contribution in [0.25, 0.3) is 0 Å². The van der Waals surface area contributed by atoms with Crippen molar-refractivity contribution in [3.8, 4) is 0 Å². The highest BCUT2D eigenvalue weighted by molar-refractivity contribution is 7.93. The van der Waals surface area contributed by atoms with Gasteiger partial charge in [0, 0.05) is 5.69 Å². The van der Waals surface area contributed by atoms with E-state index in [1.807, 2.05) is 0 Å². The second kappa shape index (κ2) is 6.81. The van der Waals surface area contributed by atoms with Crippen LogP contribution in [-0.4, -0.2) is 45.6 Å². The lowest BCUT2D eigenvalue weighted by Crippen LogP contribution is -2.47. The van der Waals surface area contributed by atoms with Gasteiger partial charge < -0.3 is 10.8 Å². The largest absolute Gasteiger partial charge is 0.399 e. The van der Waals surface area contributed by atoms with Gasteiger partial charge in [-0.15, -0.1) is 0 Å². The van der Waals surface area contributed by atoms with Gasteiger partial charge in [-0.25, -0.2) is 16.8 Å². The molecule has 2 atom stereocenters. The van der Waals surface area contributed by atoms with Crippen LogP contribution in [0.1, 0.15) is 11.1 Å². The maximum atomic E-state index is 13.5. The van der Waals surface area contributed by atoms with Crippen molar-refractivity contribution in [2.24, 2.45) is 0 Å². The predicted octanol–water partition coefficient (Wildman–Crippen LogP) is 1.24. The van der Waals surface area contributed by atoms with Crippen LogP contribution >= 0.6 is 0 Å². The molecule has 2 aromatic carbocycles. The van der Waals surface area contributed by atoms with E-state index in [1.54, 1.807) is 32.0 Å². The molecule has 0 radical (unpaired) electrons. The Labute approximate surface area is 159 Å². The van der Waals surface area contributed by atoms with Crippen LogP contribution in [0, 0.1) is 13.8 Å². The zero-order valence-electron chi connectivity index (χ0n) is 15.0. The molecule has 0 saturated carbocycles. The van der Waals surface area contributed by atoms with E-state index in [0.29, 0.717) is 11.3 Å². The third-order valence-electron chi connectivity index (χ3n) is 4.62. The molecule has 1 aliphatic heterocycles. The molecule has 27 heavy (non-hydrogen) atoms. The van der Waals surface area contributed by atoms with Crippen molar-refractivity contribution in [3.05, 3.63) is 53.6 Å². The van der Waals surface area contributed by atoms with Crippen molar-refractivity contribution in [1.82, 2.24) is 0 Å². The van der Waals surface area contributed by atoms with Gasteiger partial charge in [0.15, 0.2) is 9.84 Å². The van der Waals surface area contributed by atoms with Crippen LogP contribution in [0.2, 0.25) is 0 Å². The van der Waals surface area contributed by atoms with Crippen LogP contribution < -0.4 is 10.0 Å². The lowest BCUT2D eigenvalue weighted by Gasteiger charge is -2.32. The van der Waals surface area contributed by atoms with E-state index in [2.05, 4.69) is 0 Å². The molecule has 146 valence electrons. The Balaban J connectivity index is 2.20. The zero-order chi connectivity index (χ0) is 20.0. The van der Waals surface area contributed by atoms with Gasteiger partial charge in [0.25, 0.3) is 10.0 Å². The number of sulfonamides is 1.